The molecule has 9 nitrogen and oxygen atoms in total. The molecule has 2 aliphatic rings. The zero-order valence-corrected chi connectivity index (χ0v) is 17.8. The molecule has 0 radical (unpaired) electrons. The average molecular weight is 444 g/mol. The van der Waals surface area contributed by atoms with Crippen LogP contribution in [0.1, 0.15) is 26.2 Å². The van der Waals surface area contributed by atoms with E-state index in [4.69, 9.17) is 4.74 Å². The van der Waals surface area contributed by atoms with E-state index in [1.165, 1.54) is 23.1 Å². The number of H-pyrrole nitrogens is 1. The number of nitrogens with zero attached hydrogens (tertiary/aromatic N) is 3. The summed E-state index contributed by atoms with van der Waals surface area (Å²) in [5.74, 6) is -0.389. The van der Waals surface area contributed by atoms with E-state index in [2.05, 4.69) is 5.10 Å². The Labute approximate surface area is 183 Å². The highest BCUT2D eigenvalue weighted by Crippen LogP contribution is 2.38. The Hall–Kier alpha value is -3.43. The summed E-state index contributed by atoms with van der Waals surface area (Å²) < 4.78 is 20.1. The summed E-state index contributed by atoms with van der Waals surface area (Å²) in [5, 5.41) is 2.41. The number of benzene rings is 1. The first kappa shape index (κ1) is 21.8. The van der Waals surface area contributed by atoms with Crippen molar-refractivity contribution in [1.82, 2.24) is 14.7 Å². The second kappa shape index (κ2) is 8.60. The minimum Gasteiger partial charge on any atom is -0.441 e. The fourth-order valence-electron chi connectivity index (χ4n) is 4.43. The van der Waals surface area contributed by atoms with Crippen LogP contribution in [0.5, 0.6) is 0 Å². The van der Waals surface area contributed by atoms with Gasteiger partial charge in [-0.2, -0.15) is 0 Å². The van der Waals surface area contributed by atoms with Crippen LogP contribution < -0.4 is 16.0 Å². The summed E-state index contributed by atoms with van der Waals surface area (Å²) in [7, 11) is 0. The number of hydrogen-bond donors (Lipinski definition) is 1. The molecule has 2 saturated heterocycles. The third-order valence-corrected chi connectivity index (χ3v) is 6.30. The lowest BCUT2D eigenvalue weighted by molar-refractivity contribution is -0.134. The average Bonchev–Trinajstić information content (AvgIpc) is 3.10. The van der Waals surface area contributed by atoms with Gasteiger partial charge in [0, 0.05) is 43.2 Å². The molecule has 2 fully saturated rings. The Morgan fingerprint density at radius 2 is 1.81 bits per heavy atom. The number of nitrogens with one attached hydrogen (secondary N) is 1. The number of ether oxygens (including phenoxy) is 1. The molecular formula is C22H25FN4O5. The van der Waals surface area contributed by atoms with Gasteiger partial charge in [0.15, 0.2) is 0 Å². The van der Waals surface area contributed by atoms with Gasteiger partial charge >= 0.3 is 6.09 Å². The number of aryl methyl sites for hydroxylation is 1. The number of rotatable bonds is 5. The molecule has 1 aromatic heterocycles. The first-order valence-corrected chi connectivity index (χ1v) is 10.6. The summed E-state index contributed by atoms with van der Waals surface area (Å²) in [6.07, 6.45) is 0.999. The fourth-order valence-corrected chi connectivity index (χ4v) is 4.43. The zero-order valence-electron chi connectivity index (χ0n) is 17.8. The van der Waals surface area contributed by atoms with Gasteiger partial charge in [0.05, 0.1) is 13.1 Å². The van der Waals surface area contributed by atoms with Crippen LogP contribution in [-0.4, -0.2) is 51.9 Å². The summed E-state index contributed by atoms with van der Waals surface area (Å²) >= 11 is 0. The predicted molar refractivity (Wildman–Crippen MR) is 114 cm³/mol. The number of piperidine rings is 1. The van der Waals surface area contributed by atoms with E-state index in [9.17, 15) is 23.6 Å². The van der Waals surface area contributed by atoms with Crippen molar-refractivity contribution in [1.29, 1.82) is 0 Å². The molecule has 0 saturated carbocycles. The molecule has 0 spiro atoms. The maximum absolute atomic E-state index is 13.2. The number of halogens is 1. The number of carbonyl (C=O) groups excluding carboxylic acids is 2. The molecule has 10 heteroatoms. The highest BCUT2D eigenvalue weighted by atomic mass is 19.1. The summed E-state index contributed by atoms with van der Waals surface area (Å²) in [6, 6.07) is 8.04. The van der Waals surface area contributed by atoms with Crippen LogP contribution in [0, 0.1) is 11.7 Å². The summed E-state index contributed by atoms with van der Waals surface area (Å²) in [5.41, 5.74) is -0.871. The van der Waals surface area contributed by atoms with Gasteiger partial charge in [0.25, 0.3) is 11.1 Å². The number of amides is 2. The van der Waals surface area contributed by atoms with E-state index in [1.807, 2.05) is 6.92 Å². The molecule has 170 valence electrons. The molecule has 32 heavy (non-hydrogen) atoms. The largest absolute Gasteiger partial charge is 0.441 e. The van der Waals surface area contributed by atoms with Crippen molar-refractivity contribution in [3.05, 3.63) is 62.9 Å². The van der Waals surface area contributed by atoms with Crippen LogP contribution in [0.2, 0.25) is 0 Å². The van der Waals surface area contributed by atoms with Crippen LogP contribution >= 0.6 is 0 Å². The molecule has 0 bridgehead atoms. The number of carbonyl (C=O) groups is 2. The molecule has 2 aromatic rings. The molecular weight excluding hydrogens is 419 g/mol. The van der Waals surface area contributed by atoms with Gasteiger partial charge < -0.3 is 9.64 Å². The smallest absolute Gasteiger partial charge is 0.415 e. The Morgan fingerprint density at radius 3 is 2.50 bits per heavy atom. The van der Waals surface area contributed by atoms with Crippen molar-refractivity contribution in [3.63, 3.8) is 0 Å². The molecule has 1 atom stereocenters. The lowest BCUT2D eigenvalue weighted by Crippen LogP contribution is -2.47. The molecule has 4 rings (SSSR count). The number of aromatic amines is 1. The first-order chi connectivity index (χ1) is 15.2. The van der Waals surface area contributed by atoms with Crippen molar-refractivity contribution < 1.29 is 18.7 Å². The van der Waals surface area contributed by atoms with Crippen LogP contribution in [0.3, 0.4) is 0 Å². The Morgan fingerprint density at radius 1 is 1.12 bits per heavy atom. The minimum atomic E-state index is -0.697. The summed E-state index contributed by atoms with van der Waals surface area (Å²) in [6.45, 7) is 3.41. The lowest BCUT2D eigenvalue weighted by atomic mass is 9.81. The molecule has 1 unspecified atom stereocenters. The number of cyclic esters (lactones) is 1. The van der Waals surface area contributed by atoms with Crippen molar-refractivity contribution in [2.45, 2.75) is 38.3 Å². The van der Waals surface area contributed by atoms with Crippen molar-refractivity contribution >= 4 is 17.7 Å². The maximum atomic E-state index is 13.2. The van der Waals surface area contributed by atoms with Crippen molar-refractivity contribution in [2.75, 3.05) is 24.5 Å². The van der Waals surface area contributed by atoms with E-state index in [0.29, 0.717) is 38.2 Å². The predicted octanol–water partition coefficient (Wildman–Crippen LogP) is 1.72. The van der Waals surface area contributed by atoms with Gasteiger partial charge in [-0.3, -0.25) is 24.4 Å². The number of aromatic nitrogens is 2. The van der Waals surface area contributed by atoms with Crippen LogP contribution in [0.15, 0.2) is 46.0 Å². The van der Waals surface area contributed by atoms with E-state index < -0.39 is 17.3 Å². The number of likely N-dealkylation sites (tertiary alicyclic amines) is 1. The SMILES string of the molecule is CC1(C2CCN(C(=O)CCn3[nH]c(=O)ccc3=O)CC2)CN(c2ccc(F)cc2)C(=O)O1. The monoisotopic (exact) mass is 444 g/mol. The first-order valence-electron chi connectivity index (χ1n) is 10.6. The molecule has 3 heterocycles. The molecule has 2 aliphatic heterocycles. The maximum Gasteiger partial charge on any atom is 0.415 e. The highest BCUT2D eigenvalue weighted by Gasteiger charge is 2.48. The van der Waals surface area contributed by atoms with Gasteiger partial charge in [0.2, 0.25) is 5.91 Å². The lowest BCUT2D eigenvalue weighted by Gasteiger charge is -2.39. The summed E-state index contributed by atoms with van der Waals surface area (Å²) in [4.78, 5) is 51.4. The standard InChI is InChI=1S/C22H25FN4O5/c1-22(14-26(21(31)32-22)17-4-2-16(23)3-5-17)15-8-11-25(12-9-15)19(29)10-13-27-20(30)7-6-18(28)24-27/h2-7,15H,8-14H2,1H3,(H,24,28). The normalized spacial score (nSPS) is 21.6. The van der Waals surface area contributed by atoms with Gasteiger partial charge in [-0.1, -0.05) is 0 Å². The molecule has 1 N–H and O–H groups in total. The fraction of sp³-hybridized carbons (Fsp3) is 0.455. The zero-order chi connectivity index (χ0) is 22.9. The Kier molecular flexibility index (Phi) is 5.86. The number of anilines is 1. The van der Waals surface area contributed by atoms with Crippen LogP contribution in [-0.2, 0) is 16.1 Å². The van der Waals surface area contributed by atoms with Gasteiger partial charge in [0.1, 0.15) is 11.4 Å². The molecule has 1 aromatic carbocycles. The van der Waals surface area contributed by atoms with Gasteiger partial charge in [-0.25, -0.2) is 13.9 Å². The second-order valence-corrected chi connectivity index (χ2v) is 8.45. The third-order valence-electron chi connectivity index (χ3n) is 6.30. The Bertz CT molecular complexity index is 1120. The van der Waals surface area contributed by atoms with Gasteiger partial charge in [-0.05, 0) is 44.0 Å². The second-order valence-electron chi connectivity index (χ2n) is 8.45. The van der Waals surface area contributed by atoms with Crippen LogP contribution in [0.25, 0.3) is 0 Å². The van der Waals surface area contributed by atoms with Crippen LogP contribution in [0.4, 0.5) is 14.9 Å². The Balaban J connectivity index is 1.33. The molecule has 0 aliphatic carbocycles. The number of hydrogen-bond acceptors (Lipinski definition) is 5. The topological polar surface area (TPSA) is 105 Å². The van der Waals surface area contributed by atoms with Crippen molar-refractivity contribution in [3.8, 4) is 0 Å². The van der Waals surface area contributed by atoms with E-state index in [-0.39, 0.29) is 36.2 Å². The van der Waals surface area contributed by atoms with Gasteiger partial charge in [-0.15, -0.1) is 0 Å². The van der Waals surface area contributed by atoms with E-state index in [1.54, 1.807) is 17.0 Å². The minimum absolute atomic E-state index is 0.0778. The van der Waals surface area contributed by atoms with Crippen molar-refractivity contribution in [2.24, 2.45) is 5.92 Å². The third kappa shape index (κ3) is 4.44. The molecule has 2 amide bonds. The van der Waals surface area contributed by atoms with E-state index >= 15 is 0 Å². The quantitative estimate of drug-likeness (QED) is 0.756. The highest BCUT2D eigenvalue weighted by molar-refractivity contribution is 5.90. The van der Waals surface area contributed by atoms with E-state index in [0.717, 1.165) is 10.7 Å².